The van der Waals surface area contributed by atoms with Gasteiger partial charge in [0.15, 0.2) is 11.6 Å². The molecule has 0 aliphatic carbocycles. The molecular weight excluding hydrogens is 698 g/mol. The van der Waals surface area contributed by atoms with E-state index in [-0.39, 0.29) is 11.7 Å². The van der Waals surface area contributed by atoms with Gasteiger partial charge < -0.3 is 25.4 Å². The second kappa shape index (κ2) is 18.5. The van der Waals surface area contributed by atoms with Crippen molar-refractivity contribution in [3.63, 3.8) is 0 Å². The van der Waals surface area contributed by atoms with Crippen LogP contribution in [-0.2, 0) is 13.1 Å². The van der Waals surface area contributed by atoms with Crippen molar-refractivity contribution in [2.75, 3.05) is 61.4 Å². The first-order valence-electron chi connectivity index (χ1n) is 18.2. The number of aromatic amines is 1. The molecule has 0 bridgehead atoms. The zero-order valence-corrected chi connectivity index (χ0v) is 31.9. The largest absolute Gasteiger partial charge is 0.457 e. The Hall–Kier alpha value is -5.86. The highest BCUT2D eigenvalue weighted by Crippen LogP contribution is 2.33. The van der Waals surface area contributed by atoms with Gasteiger partial charge in [-0.3, -0.25) is 19.7 Å². The van der Waals surface area contributed by atoms with Gasteiger partial charge in [-0.1, -0.05) is 36.4 Å². The molecule has 0 unspecified atom stereocenters. The number of nitrogens with one attached hydrogen (secondary N) is 4. The highest BCUT2D eigenvalue weighted by molar-refractivity contribution is 5.96. The number of para-hydroxylation sites is 1. The van der Waals surface area contributed by atoms with Crippen molar-refractivity contribution in [2.24, 2.45) is 0 Å². The molecule has 0 saturated heterocycles. The molecule has 0 fully saturated rings. The first kappa shape index (κ1) is 38.9. The molecule has 0 aliphatic rings. The summed E-state index contributed by atoms with van der Waals surface area (Å²) in [6, 6.07) is 27.1. The number of likely N-dealkylation sites (N-methyl/N-ethyl adjacent to an activating group) is 4. The Balaban J connectivity index is 1.23. The average molecular weight is 746 g/mol. The summed E-state index contributed by atoms with van der Waals surface area (Å²) in [5, 5.41) is 21.4. The van der Waals surface area contributed by atoms with Crippen LogP contribution in [0.1, 0.15) is 21.7 Å². The average Bonchev–Trinajstić information content (AvgIpc) is 3.84. The van der Waals surface area contributed by atoms with Crippen LogP contribution in [0.5, 0.6) is 23.0 Å². The van der Waals surface area contributed by atoms with Crippen molar-refractivity contribution in [2.45, 2.75) is 13.1 Å². The van der Waals surface area contributed by atoms with Crippen molar-refractivity contribution in [3.8, 4) is 50.9 Å². The zero-order chi connectivity index (χ0) is 38.7. The number of ether oxygens (including phenoxy) is 2. The standard InChI is InChI=1S/C42H48FN9O3/c1-44-20-22-50(4)27-38-35(25-47-48-38)29-10-15-33(16-11-29)55-41-24-31(14-19-37(41)43)52-26-36(39(49-52)28-51(5)23-21-45-2)30-12-17-32(18-13-30)54-40-9-7-6-8-34(40)42(53)46-3/h6-19,24-26,44-45H,20-23,27-28H2,1-5H3,(H,46,53)(H,47,48). The minimum absolute atomic E-state index is 0.0867. The number of rotatable bonds is 18. The van der Waals surface area contributed by atoms with Crippen LogP contribution in [0, 0.1) is 5.82 Å². The van der Waals surface area contributed by atoms with Gasteiger partial charge in [0.1, 0.15) is 17.2 Å². The lowest BCUT2D eigenvalue weighted by molar-refractivity contribution is 0.0961. The van der Waals surface area contributed by atoms with Crippen molar-refractivity contribution >= 4 is 5.91 Å². The second-order valence-electron chi connectivity index (χ2n) is 13.3. The van der Waals surface area contributed by atoms with Crippen LogP contribution in [0.25, 0.3) is 27.9 Å². The summed E-state index contributed by atoms with van der Waals surface area (Å²) < 4.78 is 29.2. The minimum Gasteiger partial charge on any atom is -0.457 e. The van der Waals surface area contributed by atoms with E-state index in [2.05, 4.69) is 43.0 Å². The Morgan fingerprint density at radius 1 is 0.782 bits per heavy atom. The third-order valence-electron chi connectivity index (χ3n) is 9.17. The summed E-state index contributed by atoms with van der Waals surface area (Å²) in [4.78, 5) is 16.8. The van der Waals surface area contributed by atoms with E-state index in [1.807, 2.05) is 88.1 Å². The first-order chi connectivity index (χ1) is 26.8. The molecule has 4 aromatic carbocycles. The van der Waals surface area contributed by atoms with E-state index in [1.54, 1.807) is 42.1 Å². The maximum Gasteiger partial charge on any atom is 0.254 e. The van der Waals surface area contributed by atoms with Crippen LogP contribution in [0.4, 0.5) is 4.39 Å². The quantitative estimate of drug-likeness (QED) is 0.0801. The van der Waals surface area contributed by atoms with Gasteiger partial charge in [-0.15, -0.1) is 0 Å². The summed E-state index contributed by atoms with van der Waals surface area (Å²) in [6.07, 6.45) is 3.77. The second-order valence-corrected chi connectivity index (χ2v) is 13.3. The fourth-order valence-electron chi connectivity index (χ4n) is 6.12. The van der Waals surface area contributed by atoms with Crippen LogP contribution in [-0.4, -0.2) is 97.1 Å². The number of hydrogen-bond acceptors (Lipinski definition) is 9. The lowest BCUT2D eigenvalue weighted by Gasteiger charge is -2.16. The molecule has 6 aromatic rings. The molecule has 0 saturated carbocycles. The van der Waals surface area contributed by atoms with Crippen LogP contribution in [0.3, 0.4) is 0 Å². The van der Waals surface area contributed by atoms with E-state index >= 15 is 4.39 Å². The number of H-pyrrole nitrogens is 1. The van der Waals surface area contributed by atoms with Gasteiger partial charge in [0.05, 0.1) is 28.8 Å². The summed E-state index contributed by atoms with van der Waals surface area (Å²) >= 11 is 0. The first-order valence-corrected chi connectivity index (χ1v) is 18.2. The number of benzene rings is 4. The molecule has 6 rings (SSSR count). The van der Waals surface area contributed by atoms with E-state index < -0.39 is 5.82 Å². The third kappa shape index (κ3) is 9.82. The number of aromatic nitrogens is 4. The summed E-state index contributed by atoms with van der Waals surface area (Å²) in [5.41, 5.74) is 6.81. The van der Waals surface area contributed by atoms with E-state index in [4.69, 9.17) is 14.6 Å². The number of halogens is 1. The SMILES string of the molecule is CNCCN(C)Cc1nn(-c2ccc(F)c(Oc3ccc(-c4cn[nH]c4CN(C)CCNC)cc3)c2)cc1-c1ccc(Oc2ccccc2C(=O)NC)cc1. The van der Waals surface area contributed by atoms with E-state index in [0.717, 1.165) is 66.4 Å². The Bertz CT molecular complexity index is 2170. The molecule has 286 valence electrons. The molecule has 4 N–H and O–H groups in total. The molecule has 2 heterocycles. The third-order valence-corrected chi connectivity index (χ3v) is 9.17. The highest BCUT2D eigenvalue weighted by Gasteiger charge is 2.18. The van der Waals surface area contributed by atoms with Crippen molar-refractivity contribution in [1.29, 1.82) is 0 Å². The van der Waals surface area contributed by atoms with Gasteiger partial charge in [-0.05, 0) is 87.8 Å². The van der Waals surface area contributed by atoms with Gasteiger partial charge in [-0.2, -0.15) is 10.2 Å². The smallest absolute Gasteiger partial charge is 0.254 e. The molecule has 12 nitrogen and oxygen atoms in total. The molecule has 0 aliphatic heterocycles. The predicted octanol–water partition coefficient (Wildman–Crippen LogP) is 6.32. The highest BCUT2D eigenvalue weighted by atomic mass is 19.1. The maximum absolute atomic E-state index is 15.2. The van der Waals surface area contributed by atoms with E-state index in [1.165, 1.54) is 6.07 Å². The Labute approximate surface area is 321 Å². The maximum atomic E-state index is 15.2. The predicted molar refractivity (Wildman–Crippen MR) is 213 cm³/mol. The Kier molecular flexibility index (Phi) is 13.0. The van der Waals surface area contributed by atoms with Gasteiger partial charge in [0.2, 0.25) is 0 Å². The zero-order valence-electron chi connectivity index (χ0n) is 31.9. The van der Waals surface area contributed by atoms with E-state index in [9.17, 15) is 4.79 Å². The number of nitrogens with zero attached hydrogens (tertiary/aromatic N) is 5. The van der Waals surface area contributed by atoms with Gasteiger partial charge in [0, 0.05) is 69.7 Å². The molecule has 13 heteroatoms. The molecule has 2 aromatic heterocycles. The summed E-state index contributed by atoms with van der Waals surface area (Å²) in [7, 11) is 9.58. The van der Waals surface area contributed by atoms with Crippen LogP contribution in [0.2, 0.25) is 0 Å². The van der Waals surface area contributed by atoms with Crippen LogP contribution < -0.4 is 25.4 Å². The van der Waals surface area contributed by atoms with Gasteiger partial charge in [0.25, 0.3) is 5.91 Å². The number of hydrogen-bond donors (Lipinski definition) is 4. The molecular formula is C42H48FN9O3. The van der Waals surface area contributed by atoms with Gasteiger partial charge >= 0.3 is 0 Å². The molecule has 0 spiro atoms. The lowest BCUT2D eigenvalue weighted by atomic mass is 10.1. The summed E-state index contributed by atoms with van der Waals surface area (Å²) in [6.45, 7) is 4.76. The number of amides is 1. The normalized spacial score (nSPS) is 11.3. The topological polar surface area (TPSA) is 125 Å². The van der Waals surface area contributed by atoms with Gasteiger partial charge in [-0.25, -0.2) is 9.07 Å². The minimum atomic E-state index is -0.484. The Morgan fingerprint density at radius 2 is 1.40 bits per heavy atom. The Morgan fingerprint density at radius 3 is 2.05 bits per heavy atom. The molecule has 0 atom stereocenters. The number of carbonyl (C=O) groups excluding carboxylic acids is 1. The van der Waals surface area contributed by atoms with Crippen LogP contribution >= 0.6 is 0 Å². The fourth-order valence-corrected chi connectivity index (χ4v) is 6.12. The van der Waals surface area contributed by atoms with Crippen molar-refractivity contribution < 1.29 is 18.7 Å². The van der Waals surface area contributed by atoms with Crippen LogP contribution in [0.15, 0.2) is 103 Å². The van der Waals surface area contributed by atoms with E-state index in [0.29, 0.717) is 35.0 Å². The summed E-state index contributed by atoms with van der Waals surface area (Å²) in [5.74, 6) is 0.936. The molecule has 55 heavy (non-hydrogen) atoms. The van der Waals surface area contributed by atoms with Crippen molar-refractivity contribution in [3.05, 3.63) is 126 Å². The number of carbonyl (C=O) groups is 1. The van der Waals surface area contributed by atoms with Crippen molar-refractivity contribution in [1.82, 2.24) is 45.7 Å². The lowest BCUT2D eigenvalue weighted by Crippen LogP contribution is -2.27. The monoisotopic (exact) mass is 745 g/mol. The molecule has 0 radical (unpaired) electrons. The molecule has 1 amide bonds. The fraction of sp³-hybridized carbons (Fsp3) is 0.262.